The molecule has 4 rings (SSSR count). The molecule has 0 amide bonds. The van der Waals surface area contributed by atoms with Gasteiger partial charge in [0.05, 0.1) is 26.0 Å². The van der Waals surface area contributed by atoms with Gasteiger partial charge in [-0.05, 0) is 31.3 Å². The van der Waals surface area contributed by atoms with Gasteiger partial charge in [0.1, 0.15) is 0 Å². The van der Waals surface area contributed by atoms with Gasteiger partial charge in [-0.2, -0.15) is 0 Å². The van der Waals surface area contributed by atoms with E-state index >= 15 is 0 Å². The molecule has 0 atom stereocenters. The van der Waals surface area contributed by atoms with Crippen LogP contribution in [0.25, 0.3) is 10.9 Å². The molecule has 1 fully saturated rings. The minimum atomic E-state index is -3.77. The van der Waals surface area contributed by atoms with Crippen molar-refractivity contribution in [1.82, 2.24) is 9.88 Å². The zero-order valence-corrected chi connectivity index (χ0v) is 17.1. The van der Waals surface area contributed by atoms with Crippen LogP contribution in [0.15, 0.2) is 52.4 Å². The average Bonchev–Trinajstić information content (AvgIpc) is 3.07. The van der Waals surface area contributed by atoms with E-state index in [1.807, 2.05) is 18.2 Å². The summed E-state index contributed by atoms with van der Waals surface area (Å²) in [5.74, 6) is 0. The van der Waals surface area contributed by atoms with Crippen LogP contribution in [0, 0.1) is 0 Å². The Labute approximate surface area is 168 Å². The topological polar surface area (TPSA) is 56.4 Å². The van der Waals surface area contributed by atoms with Crippen LogP contribution in [0.2, 0.25) is 10.0 Å². The molecule has 8 heteroatoms. The lowest BCUT2D eigenvalue weighted by Crippen LogP contribution is -2.44. The number of hydrogen-bond donors (Lipinski definition) is 1. The molecule has 0 bridgehead atoms. The Morgan fingerprint density at radius 2 is 1.74 bits per heavy atom. The van der Waals surface area contributed by atoms with Gasteiger partial charge in [0.25, 0.3) is 0 Å². The first-order valence-corrected chi connectivity index (χ1v) is 10.9. The highest BCUT2D eigenvalue weighted by atomic mass is 35.5. The number of H-pyrrole nitrogens is 1. The molecule has 0 spiro atoms. The molecule has 27 heavy (non-hydrogen) atoms. The molecule has 142 valence electrons. The van der Waals surface area contributed by atoms with Gasteiger partial charge in [-0.15, -0.1) is 0 Å². The number of hydrogen-bond acceptors (Lipinski definition) is 4. The first-order valence-electron chi connectivity index (χ1n) is 8.61. The summed E-state index contributed by atoms with van der Waals surface area (Å²) in [6, 6.07) is 10.2. The van der Waals surface area contributed by atoms with Crippen molar-refractivity contribution in [3.05, 3.63) is 52.6 Å². The number of likely N-dealkylation sites (N-methyl/N-ethyl adjacent to an activating group) is 1. The summed E-state index contributed by atoms with van der Waals surface area (Å²) in [6.07, 6.45) is 1.55. The van der Waals surface area contributed by atoms with Crippen LogP contribution in [0.5, 0.6) is 0 Å². The Balaban J connectivity index is 1.81. The zero-order valence-electron chi connectivity index (χ0n) is 14.7. The largest absolute Gasteiger partial charge is 0.367 e. The van der Waals surface area contributed by atoms with Crippen LogP contribution in [0.1, 0.15) is 0 Å². The number of aromatic nitrogens is 1. The first kappa shape index (κ1) is 18.6. The SMILES string of the molecule is CN1CCN(c2cccc3c(S(=O)(=O)c4ccc(Cl)cc4Cl)c[nH]c23)CC1. The number of halogens is 2. The molecule has 1 aliphatic rings. The van der Waals surface area contributed by atoms with Gasteiger partial charge in [0, 0.05) is 42.8 Å². The highest BCUT2D eigenvalue weighted by Gasteiger charge is 2.26. The summed E-state index contributed by atoms with van der Waals surface area (Å²) in [5, 5.41) is 1.18. The second kappa shape index (κ2) is 7.02. The van der Waals surface area contributed by atoms with E-state index in [0.29, 0.717) is 10.4 Å². The Hall–Kier alpha value is -1.73. The minimum Gasteiger partial charge on any atom is -0.367 e. The molecule has 2 aromatic carbocycles. The summed E-state index contributed by atoms with van der Waals surface area (Å²) in [6.45, 7) is 3.75. The number of sulfone groups is 1. The molecule has 1 aliphatic heterocycles. The van der Waals surface area contributed by atoms with Crippen LogP contribution in [0.4, 0.5) is 5.69 Å². The number of nitrogens with one attached hydrogen (secondary N) is 1. The molecular weight excluding hydrogens is 405 g/mol. The standard InChI is InChI=1S/C19H19Cl2N3O2S/c1-23-7-9-24(10-8-23)16-4-2-3-14-18(12-22-19(14)16)27(25,26)17-6-5-13(20)11-15(17)21/h2-6,11-12,22H,7-10H2,1H3. The van der Waals surface area contributed by atoms with E-state index in [1.165, 1.54) is 18.2 Å². The summed E-state index contributed by atoms with van der Waals surface area (Å²) in [4.78, 5) is 8.01. The van der Waals surface area contributed by atoms with Crippen LogP contribution < -0.4 is 4.90 Å². The quantitative estimate of drug-likeness (QED) is 0.689. The number of para-hydroxylation sites is 1. The van der Waals surface area contributed by atoms with Crippen molar-refractivity contribution in [1.29, 1.82) is 0 Å². The number of benzene rings is 2. The molecule has 1 aromatic heterocycles. The summed E-state index contributed by atoms with van der Waals surface area (Å²) in [5.41, 5.74) is 1.84. The predicted octanol–water partition coefficient (Wildman–Crippen LogP) is 4.06. The lowest BCUT2D eigenvalue weighted by Gasteiger charge is -2.34. The second-order valence-corrected chi connectivity index (χ2v) is 9.45. The van der Waals surface area contributed by atoms with Crippen molar-refractivity contribution in [2.45, 2.75) is 9.79 Å². The number of piperazine rings is 1. The van der Waals surface area contributed by atoms with Gasteiger partial charge in [0.15, 0.2) is 0 Å². The van der Waals surface area contributed by atoms with Crippen molar-refractivity contribution in [2.24, 2.45) is 0 Å². The number of nitrogens with zero attached hydrogens (tertiary/aromatic N) is 2. The van der Waals surface area contributed by atoms with Crippen LogP contribution in [-0.4, -0.2) is 51.5 Å². The van der Waals surface area contributed by atoms with E-state index in [9.17, 15) is 8.42 Å². The van der Waals surface area contributed by atoms with Crippen LogP contribution >= 0.6 is 23.2 Å². The Bertz CT molecular complexity index is 1100. The average molecular weight is 424 g/mol. The van der Waals surface area contributed by atoms with Crippen molar-refractivity contribution < 1.29 is 8.42 Å². The van der Waals surface area contributed by atoms with Crippen molar-refractivity contribution in [3.8, 4) is 0 Å². The fourth-order valence-electron chi connectivity index (χ4n) is 3.46. The molecule has 0 radical (unpaired) electrons. The molecule has 0 unspecified atom stereocenters. The van der Waals surface area contributed by atoms with E-state index in [1.54, 1.807) is 6.20 Å². The van der Waals surface area contributed by atoms with Crippen molar-refractivity contribution >= 4 is 49.6 Å². The zero-order chi connectivity index (χ0) is 19.2. The highest BCUT2D eigenvalue weighted by Crippen LogP contribution is 2.36. The Morgan fingerprint density at radius 1 is 1.00 bits per heavy atom. The number of fused-ring (bicyclic) bond motifs is 1. The van der Waals surface area contributed by atoms with Gasteiger partial charge in [-0.3, -0.25) is 0 Å². The van der Waals surface area contributed by atoms with E-state index in [2.05, 4.69) is 21.8 Å². The monoisotopic (exact) mass is 423 g/mol. The van der Waals surface area contributed by atoms with E-state index in [-0.39, 0.29) is 14.8 Å². The van der Waals surface area contributed by atoms with Gasteiger partial charge in [0.2, 0.25) is 9.84 Å². The van der Waals surface area contributed by atoms with E-state index in [4.69, 9.17) is 23.2 Å². The summed E-state index contributed by atoms with van der Waals surface area (Å²) in [7, 11) is -1.67. The maximum absolute atomic E-state index is 13.2. The van der Waals surface area contributed by atoms with Gasteiger partial charge in [-0.25, -0.2) is 8.42 Å². The van der Waals surface area contributed by atoms with E-state index in [0.717, 1.165) is 37.4 Å². The third-order valence-electron chi connectivity index (χ3n) is 4.97. The van der Waals surface area contributed by atoms with Crippen molar-refractivity contribution in [2.75, 3.05) is 38.1 Å². The molecule has 0 aliphatic carbocycles. The molecule has 0 saturated carbocycles. The first-order chi connectivity index (χ1) is 12.9. The third-order valence-corrected chi connectivity index (χ3v) is 7.48. The molecule has 1 N–H and O–H groups in total. The fraction of sp³-hybridized carbons (Fsp3) is 0.263. The highest BCUT2D eigenvalue weighted by molar-refractivity contribution is 7.91. The molecule has 1 saturated heterocycles. The molecule has 5 nitrogen and oxygen atoms in total. The number of rotatable bonds is 3. The maximum Gasteiger partial charge on any atom is 0.210 e. The molecule has 2 heterocycles. The van der Waals surface area contributed by atoms with Gasteiger partial charge in [-0.1, -0.05) is 35.3 Å². The molecular formula is C19H19Cl2N3O2S. The van der Waals surface area contributed by atoms with E-state index < -0.39 is 9.84 Å². The fourth-order valence-corrected chi connectivity index (χ4v) is 5.64. The smallest absolute Gasteiger partial charge is 0.210 e. The number of anilines is 1. The Kier molecular flexibility index (Phi) is 4.84. The molecule has 3 aromatic rings. The summed E-state index contributed by atoms with van der Waals surface area (Å²) >= 11 is 12.1. The second-order valence-electron chi connectivity index (χ2n) is 6.72. The van der Waals surface area contributed by atoms with Crippen LogP contribution in [0.3, 0.4) is 0 Å². The number of aromatic amines is 1. The normalized spacial score (nSPS) is 16.2. The minimum absolute atomic E-state index is 0.0551. The Morgan fingerprint density at radius 3 is 2.44 bits per heavy atom. The lowest BCUT2D eigenvalue weighted by atomic mass is 10.2. The summed E-state index contributed by atoms with van der Waals surface area (Å²) < 4.78 is 26.4. The lowest BCUT2D eigenvalue weighted by molar-refractivity contribution is 0.313. The van der Waals surface area contributed by atoms with Gasteiger partial charge < -0.3 is 14.8 Å². The van der Waals surface area contributed by atoms with Crippen molar-refractivity contribution in [3.63, 3.8) is 0 Å². The third kappa shape index (κ3) is 3.31. The predicted molar refractivity (Wildman–Crippen MR) is 110 cm³/mol. The maximum atomic E-state index is 13.2. The van der Waals surface area contributed by atoms with Crippen LogP contribution in [-0.2, 0) is 9.84 Å². The van der Waals surface area contributed by atoms with Gasteiger partial charge >= 0.3 is 0 Å².